The monoisotopic (exact) mass is 192 g/mol. The van der Waals surface area contributed by atoms with Gasteiger partial charge in [-0.2, -0.15) is 0 Å². The zero-order chi connectivity index (χ0) is 8.27. The van der Waals surface area contributed by atoms with E-state index in [0.29, 0.717) is 17.1 Å². The van der Waals surface area contributed by atoms with Crippen molar-refractivity contribution >= 4 is 40.6 Å². The topological polar surface area (TPSA) is 63.0 Å². The van der Waals surface area contributed by atoms with E-state index in [1.165, 1.54) is 12.4 Å². The maximum Gasteiger partial charge on any atom is 0.0926 e. The number of aromatic nitrogens is 1. The van der Waals surface area contributed by atoms with Crippen LogP contribution in [0.15, 0.2) is 12.4 Å². The van der Waals surface area contributed by atoms with E-state index in [-0.39, 0.29) is 0 Å². The van der Waals surface area contributed by atoms with Crippen LogP contribution >= 0.6 is 23.6 Å². The number of pyridine rings is 1. The molecule has 1 heterocycles. The average Bonchev–Trinajstić information content (AvgIpc) is 2.05. The second-order valence-electron chi connectivity index (χ2n) is 1.84. The number of nitrogens with one attached hydrogen (secondary N) is 2. The molecule has 0 fully saturated rings. The summed E-state index contributed by atoms with van der Waals surface area (Å²) < 4.78 is 0. The molecular weight excluding hydrogens is 187 g/mol. The van der Waals surface area contributed by atoms with Crippen molar-refractivity contribution in [3.8, 4) is 0 Å². The Kier molecular flexibility index (Phi) is 2.62. The Morgan fingerprint density at radius 2 is 1.64 bits per heavy atom. The summed E-state index contributed by atoms with van der Waals surface area (Å²) in [5.41, 5.74) is 7.06. The number of rotatable bonds is 2. The molecule has 0 unspecified atom stereocenters. The van der Waals surface area contributed by atoms with Gasteiger partial charge in [0.25, 0.3) is 0 Å². The number of nitrogen functional groups attached to an aromatic ring is 1. The molecule has 11 heavy (non-hydrogen) atoms. The van der Waals surface area contributed by atoms with Crippen molar-refractivity contribution in [2.75, 3.05) is 15.4 Å². The fraction of sp³-hybridized carbons (Fsp3) is 0. The van der Waals surface area contributed by atoms with Crippen LogP contribution in [0.3, 0.4) is 0 Å². The molecule has 1 aromatic rings. The van der Waals surface area contributed by atoms with Crippen molar-refractivity contribution < 1.29 is 0 Å². The van der Waals surface area contributed by atoms with Crippen LogP contribution in [0.25, 0.3) is 0 Å². The lowest BCUT2D eigenvalue weighted by Crippen LogP contribution is -1.96. The minimum absolute atomic E-state index is 0.435. The largest absolute Gasteiger partial charge is 0.395 e. The normalized spacial score (nSPS) is 9.27. The van der Waals surface area contributed by atoms with Gasteiger partial charge in [-0.25, -0.2) is 0 Å². The Morgan fingerprint density at radius 3 is 2.00 bits per heavy atom. The Labute approximate surface area is 73.9 Å². The second-order valence-corrected chi connectivity index (χ2v) is 2.22. The molecule has 0 aliphatic heterocycles. The molecule has 4 nitrogen and oxygen atoms in total. The lowest BCUT2D eigenvalue weighted by Gasteiger charge is -2.05. The van der Waals surface area contributed by atoms with Crippen molar-refractivity contribution in [3.63, 3.8) is 0 Å². The first kappa shape index (κ1) is 8.23. The van der Waals surface area contributed by atoms with Crippen LogP contribution in [-0.2, 0) is 0 Å². The van der Waals surface area contributed by atoms with Crippen LogP contribution in [0.5, 0.6) is 0 Å². The van der Waals surface area contributed by atoms with E-state index in [0.717, 1.165) is 0 Å². The molecule has 0 amide bonds. The van der Waals surface area contributed by atoms with Gasteiger partial charge in [0.2, 0.25) is 0 Å². The predicted octanol–water partition coefficient (Wildman–Crippen LogP) is 1.80. The lowest BCUT2D eigenvalue weighted by molar-refractivity contribution is 1.34. The van der Waals surface area contributed by atoms with Crippen molar-refractivity contribution in [2.24, 2.45) is 0 Å². The fourth-order valence-electron chi connectivity index (χ4n) is 0.621. The first-order valence-electron chi connectivity index (χ1n) is 2.76. The summed E-state index contributed by atoms with van der Waals surface area (Å²) in [5, 5.41) is 0. The Morgan fingerprint density at radius 1 is 1.18 bits per heavy atom. The lowest BCUT2D eigenvalue weighted by atomic mass is 10.3. The average molecular weight is 193 g/mol. The first-order chi connectivity index (χ1) is 5.29. The van der Waals surface area contributed by atoms with Crippen LogP contribution in [0.4, 0.5) is 17.1 Å². The van der Waals surface area contributed by atoms with Crippen LogP contribution in [0.1, 0.15) is 0 Å². The summed E-state index contributed by atoms with van der Waals surface area (Å²) in [5.74, 6) is 0. The van der Waals surface area contributed by atoms with E-state index in [2.05, 4.69) is 14.7 Å². The Balaban J connectivity index is 3.10. The van der Waals surface area contributed by atoms with Gasteiger partial charge >= 0.3 is 0 Å². The van der Waals surface area contributed by atoms with E-state index in [1.54, 1.807) is 0 Å². The van der Waals surface area contributed by atoms with E-state index in [1.807, 2.05) is 0 Å². The molecule has 0 spiro atoms. The molecule has 0 aliphatic carbocycles. The van der Waals surface area contributed by atoms with Crippen molar-refractivity contribution in [1.82, 2.24) is 4.98 Å². The zero-order valence-corrected chi connectivity index (χ0v) is 6.95. The van der Waals surface area contributed by atoms with Gasteiger partial charge in [-0.1, -0.05) is 0 Å². The van der Waals surface area contributed by atoms with E-state index >= 15 is 0 Å². The molecule has 1 aromatic heterocycles. The van der Waals surface area contributed by atoms with Gasteiger partial charge in [-0.15, -0.1) is 0 Å². The molecule has 0 saturated heterocycles. The maximum atomic E-state index is 5.57. The first-order valence-corrected chi connectivity index (χ1v) is 3.52. The summed E-state index contributed by atoms with van der Waals surface area (Å²) >= 11 is 10.6. The smallest absolute Gasteiger partial charge is 0.0926 e. The van der Waals surface area contributed by atoms with Gasteiger partial charge in [-0.05, 0) is 0 Å². The van der Waals surface area contributed by atoms with Gasteiger partial charge in [0, 0.05) is 23.6 Å². The number of hydrogen-bond acceptors (Lipinski definition) is 4. The van der Waals surface area contributed by atoms with Crippen LogP contribution < -0.4 is 15.4 Å². The van der Waals surface area contributed by atoms with E-state index < -0.39 is 0 Å². The molecule has 0 bridgehead atoms. The fourth-order valence-corrected chi connectivity index (χ4v) is 0.922. The standard InChI is InChI=1S/C5H6Cl2N4/c6-10-3-1-9-2-4(11-7)5(3)8/h1-2,10-11H,(H2,8,9). The molecule has 1 rings (SSSR count). The maximum absolute atomic E-state index is 5.57. The van der Waals surface area contributed by atoms with Crippen LogP contribution in [0, 0.1) is 0 Å². The second kappa shape index (κ2) is 3.50. The van der Waals surface area contributed by atoms with E-state index in [4.69, 9.17) is 29.3 Å². The highest BCUT2D eigenvalue weighted by molar-refractivity contribution is 6.27. The van der Waals surface area contributed by atoms with Crippen molar-refractivity contribution in [3.05, 3.63) is 12.4 Å². The number of halogens is 2. The molecule has 0 radical (unpaired) electrons. The van der Waals surface area contributed by atoms with Crippen molar-refractivity contribution in [2.45, 2.75) is 0 Å². The molecule has 0 aromatic carbocycles. The molecule has 0 atom stereocenters. The molecule has 0 aliphatic rings. The van der Waals surface area contributed by atoms with Gasteiger partial charge in [0.1, 0.15) is 0 Å². The summed E-state index contributed by atoms with van der Waals surface area (Å²) in [4.78, 5) is 8.53. The summed E-state index contributed by atoms with van der Waals surface area (Å²) in [7, 11) is 0. The third-order valence-corrected chi connectivity index (χ3v) is 1.60. The summed E-state index contributed by atoms with van der Waals surface area (Å²) in [6.07, 6.45) is 3.00. The molecule has 60 valence electrons. The van der Waals surface area contributed by atoms with Crippen molar-refractivity contribution in [1.29, 1.82) is 0 Å². The Hall–Kier alpha value is -0.870. The van der Waals surface area contributed by atoms with Gasteiger partial charge in [-0.3, -0.25) is 14.7 Å². The van der Waals surface area contributed by atoms with Gasteiger partial charge in [0.05, 0.1) is 29.5 Å². The highest BCUT2D eigenvalue weighted by Crippen LogP contribution is 2.26. The minimum Gasteiger partial charge on any atom is -0.395 e. The Bertz CT molecular complexity index is 230. The summed E-state index contributed by atoms with van der Waals surface area (Å²) in [6.45, 7) is 0. The SMILES string of the molecule is Nc1c(NCl)cncc1NCl. The number of hydrogen-bond donors (Lipinski definition) is 3. The van der Waals surface area contributed by atoms with Crippen LogP contribution in [0.2, 0.25) is 0 Å². The third-order valence-electron chi connectivity index (χ3n) is 1.19. The quantitative estimate of drug-likeness (QED) is 0.626. The zero-order valence-electron chi connectivity index (χ0n) is 5.44. The van der Waals surface area contributed by atoms with Crippen LogP contribution in [-0.4, -0.2) is 4.98 Å². The highest BCUT2D eigenvalue weighted by Gasteiger charge is 2.02. The molecule has 4 N–H and O–H groups in total. The summed E-state index contributed by atoms with van der Waals surface area (Å²) in [6, 6.07) is 0. The molecule has 6 heteroatoms. The number of anilines is 3. The molecular formula is C5H6Cl2N4. The highest BCUT2D eigenvalue weighted by atomic mass is 35.5. The third kappa shape index (κ3) is 1.58. The number of nitrogens with two attached hydrogens (primary N) is 1. The van der Waals surface area contributed by atoms with Gasteiger partial charge in [0.15, 0.2) is 0 Å². The molecule has 0 saturated carbocycles. The predicted molar refractivity (Wildman–Crippen MR) is 47.6 cm³/mol. The minimum atomic E-state index is 0.435. The van der Waals surface area contributed by atoms with Gasteiger partial charge < -0.3 is 5.73 Å². The number of nitrogens with zero attached hydrogens (tertiary/aromatic N) is 1. The van der Waals surface area contributed by atoms with E-state index in [9.17, 15) is 0 Å².